The molecule has 0 aromatic heterocycles. The molecule has 3 N–H and O–H groups in total. The Morgan fingerprint density at radius 1 is 1.25 bits per heavy atom. The van der Waals surface area contributed by atoms with Crippen LogP contribution in [0.15, 0.2) is 0 Å². The molecule has 0 rings (SSSR count). The molecule has 0 aliphatic heterocycles. The second-order valence-corrected chi connectivity index (χ2v) is 0. The van der Waals surface area contributed by atoms with Crippen molar-refractivity contribution < 1.29 is 29.9 Å². The summed E-state index contributed by atoms with van der Waals surface area (Å²) in [5.41, 5.74) is 0. The average Bonchev–Trinajstić information content (AvgIpc) is 1.00. The molecule has 0 heterocycles. The van der Waals surface area contributed by atoms with Crippen LogP contribution in [0.25, 0.3) is 0 Å². The summed E-state index contributed by atoms with van der Waals surface area (Å²) in [4.78, 5) is 0. The van der Waals surface area contributed by atoms with Gasteiger partial charge in [0, 0.05) is 16.8 Å². The fourth-order valence-corrected chi connectivity index (χ4v) is 0. The van der Waals surface area contributed by atoms with E-state index in [1.165, 1.54) is 0 Å². The number of rotatable bonds is 0. The summed E-state index contributed by atoms with van der Waals surface area (Å²) < 4.78 is 0. The second kappa shape index (κ2) is 24.8. The van der Waals surface area contributed by atoms with Crippen LogP contribution >= 0.6 is 0 Å². The molecule has 0 bridgehead atoms. The summed E-state index contributed by atoms with van der Waals surface area (Å²) in [6.07, 6.45) is 0. The Labute approximate surface area is 49.8 Å². The molecular formula is H3CoNNiSe. The SMILES string of the molecule is N.[Co].[Ni]=[Se]. The van der Waals surface area contributed by atoms with Crippen LogP contribution in [0.5, 0.6) is 0 Å². The van der Waals surface area contributed by atoms with Crippen molar-refractivity contribution in [2.24, 2.45) is 0 Å². The van der Waals surface area contributed by atoms with Crippen LogP contribution in [-0.4, -0.2) is 13.8 Å². The Morgan fingerprint density at radius 2 is 1.25 bits per heavy atom. The zero-order valence-corrected chi connectivity index (χ0v) is 5.51. The van der Waals surface area contributed by atoms with Crippen LogP contribution in [0.3, 0.4) is 0 Å². The first-order valence-corrected chi connectivity index (χ1v) is 2.77. The van der Waals surface area contributed by atoms with Gasteiger partial charge in [0.15, 0.2) is 0 Å². The zero-order valence-electron chi connectivity index (χ0n) is 1.76. The van der Waals surface area contributed by atoms with Gasteiger partial charge in [0.05, 0.1) is 0 Å². The minimum absolute atomic E-state index is 0. The Morgan fingerprint density at radius 3 is 1.25 bits per heavy atom. The molecule has 0 aromatic carbocycles. The van der Waals surface area contributed by atoms with Crippen LogP contribution in [0, 0.1) is 0 Å². The van der Waals surface area contributed by atoms with Crippen LogP contribution in [0.4, 0.5) is 0 Å². The Balaban J connectivity index is -0.00000000500. The predicted octanol–water partition coefficient (Wildman–Crippen LogP) is -0.224. The van der Waals surface area contributed by atoms with E-state index < -0.39 is 0 Å². The van der Waals surface area contributed by atoms with Crippen molar-refractivity contribution in [2.45, 2.75) is 0 Å². The molecule has 0 aromatic rings. The van der Waals surface area contributed by atoms with E-state index >= 15 is 0 Å². The van der Waals surface area contributed by atoms with Crippen molar-refractivity contribution in [3.05, 3.63) is 0 Å². The molecule has 4 heavy (non-hydrogen) atoms. The van der Waals surface area contributed by atoms with Gasteiger partial charge in [0.2, 0.25) is 0 Å². The van der Waals surface area contributed by atoms with Gasteiger partial charge < -0.3 is 6.15 Å². The van der Waals surface area contributed by atoms with Crippen molar-refractivity contribution in [2.75, 3.05) is 0 Å². The van der Waals surface area contributed by atoms with Crippen LogP contribution in [0.2, 0.25) is 0 Å². The third-order valence-electron chi connectivity index (χ3n) is 0. The second-order valence-electron chi connectivity index (χ2n) is 0. The third-order valence-corrected chi connectivity index (χ3v) is 0. The third kappa shape index (κ3) is 9.77. The molecular weight excluding hydrogens is 211 g/mol. The zero-order chi connectivity index (χ0) is 2.00. The van der Waals surface area contributed by atoms with E-state index in [-0.39, 0.29) is 22.9 Å². The standard InChI is InChI=1S/Co.H3N.Ni.Se/h;1H3;;. The van der Waals surface area contributed by atoms with Crippen molar-refractivity contribution in [3.63, 3.8) is 0 Å². The maximum atomic E-state index is 3.75. The summed E-state index contributed by atoms with van der Waals surface area (Å²) in [7, 11) is 0. The van der Waals surface area contributed by atoms with Crippen LogP contribution < -0.4 is 6.15 Å². The molecule has 0 aliphatic rings. The molecule has 1 radical (unpaired) electrons. The van der Waals surface area contributed by atoms with Gasteiger partial charge in [-0.3, -0.25) is 0 Å². The first-order valence-electron chi connectivity index (χ1n) is 0.129. The molecule has 0 unspecified atom stereocenters. The molecule has 4 heteroatoms. The normalized spacial score (nSPS) is 1.50. The molecule has 0 aliphatic carbocycles. The van der Waals surface area contributed by atoms with Crippen molar-refractivity contribution >= 4 is 13.8 Å². The molecule has 0 fully saturated rings. The molecule has 0 atom stereocenters. The number of hydrogen-bond donors (Lipinski definition) is 1. The van der Waals surface area contributed by atoms with E-state index in [0.29, 0.717) is 0 Å². The summed E-state index contributed by atoms with van der Waals surface area (Å²) in [5, 5.41) is 0. The van der Waals surface area contributed by atoms with Crippen LogP contribution in [-0.2, 0) is 29.9 Å². The fourth-order valence-electron chi connectivity index (χ4n) is 0. The predicted molar refractivity (Wildman–Crippen MR) is 10.8 cm³/mol. The van der Waals surface area contributed by atoms with E-state index in [2.05, 4.69) is 26.9 Å². The van der Waals surface area contributed by atoms with Gasteiger partial charge in [0.25, 0.3) is 0 Å². The first-order chi connectivity index (χ1) is 1.00. The molecule has 0 saturated heterocycles. The molecule has 0 saturated carbocycles. The summed E-state index contributed by atoms with van der Waals surface area (Å²) in [6.45, 7) is 0. The van der Waals surface area contributed by atoms with Crippen molar-refractivity contribution in [1.29, 1.82) is 0 Å². The van der Waals surface area contributed by atoms with E-state index in [1.807, 2.05) is 0 Å². The van der Waals surface area contributed by atoms with Gasteiger partial charge in [-0.2, -0.15) is 0 Å². The quantitative estimate of drug-likeness (QED) is 0.555. The van der Waals surface area contributed by atoms with E-state index in [0.717, 1.165) is 0 Å². The van der Waals surface area contributed by atoms with Crippen molar-refractivity contribution in [1.82, 2.24) is 6.15 Å². The van der Waals surface area contributed by atoms with E-state index in [4.69, 9.17) is 0 Å². The minimum atomic E-state index is 0. The van der Waals surface area contributed by atoms with Gasteiger partial charge in [-0.1, -0.05) is 0 Å². The molecule has 33 valence electrons. The molecule has 0 amide bonds. The van der Waals surface area contributed by atoms with Gasteiger partial charge in [-0.25, -0.2) is 0 Å². The monoisotopic (exact) mass is 214 g/mol. The van der Waals surface area contributed by atoms with Gasteiger partial charge in [0.1, 0.15) is 0 Å². The first kappa shape index (κ1) is 17.9. The maximum absolute atomic E-state index is 3.75. The summed E-state index contributed by atoms with van der Waals surface area (Å²) >= 11 is 6.00. The average molecular weight is 214 g/mol. The Hall–Kier alpha value is 1.48. The molecule has 1 nitrogen and oxygen atoms in total. The Bertz CT molecular complexity index is 8.00. The van der Waals surface area contributed by atoms with Crippen LogP contribution in [0.1, 0.15) is 0 Å². The van der Waals surface area contributed by atoms with Crippen molar-refractivity contribution in [3.8, 4) is 0 Å². The van der Waals surface area contributed by atoms with Gasteiger partial charge in [-0.15, -0.1) is 0 Å². The molecule has 0 spiro atoms. The van der Waals surface area contributed by atoms with E-state index in [9.17, 15) is 0 Å². The van der Waals surface area contributed by atoms with E-state index in [1.54, 1.807) is 0 Å². The number of hydrogen-bond acceptors (Lipinski definition) is 1. The summed E-state index contributed by atoms with van der Waals surface area (Å²) in [5.74, 6) is 0. The Kier molecular flexibility index (Phi) is 111. The summed E-state index contributed by atoms with van der Waals surface area (Å²) in [6, 6.07) is 0. The van der Waals surface area contributed by atoms with Gasteiger partial charge >= 0.3 is 26.9 Å². The van der Waals surface area contributed by atoms with Gasteiger partial charge in [-0.05, 0) is 0 Å². The fraction of sp³-hybridized carbons (Fsp3) is 0. The topological polar surface area (TPSA) is 35.0 Å².